The molecule has 2 saturated heterocycles. The zero-order valence-corrected chi connectivity index (χ0v) is 17.3. The quantitative estimate of drug-likeness (QED) is 0.778. The summed E-state index contributed by atoms with van der Waals surface area (Å²) in [6.07, 6.45) is 3.22. The molecule has 4 rings (SSSR count). The van der Waals surface area contributed by atoms with Gasteiger partial charge in [0.1, 0.15) is 5.75 Å². The van der Waals surface area contributed by atoms with Gasteiger partial charge in [-0.1, -0.05) is 29.5 Å². The predicted octanol–water partition coefficient (Wildman–Crippen LogP) is 2.21. The fourth-order valence-corrected chi connectivity index (χ4v) is 4.76. The second-order valence-electron chi connectivity index (χ2n) is 7.33. The van der Waals surface area contributed by atoms with Crippen molar-refractivity contribution in [2.45, 2.75) is 32.2 Å². The van der Waals surface area contributed by atoms with Crippen LogP contribution in [0.1, 0.15) is 31.2 Å². The van der Waals surface area contributed by atoms with Gasteiger partial charge in [-0.3, -0.25) is 14.5 Å². The number of anilines is 2. The summed E-state index contributed by atoms with van der Waals surface area (Å²) >= 11 is 1.43. The Morgan fingerprint density at radius 1 is 1.24 bits per heavy atom. The number of ether oxygens (including phenoxy) is 1. The van der Waals surface area contributed by atoms with Crippen LogP contribution >= 0.6 is 11.3 Å². The molecule has 1 atom stereocenters. The summed E-state index contributed by atoms with van der Waals surface area (Å²) in [6, 6.07) is 7.69. The lowest BCUT2D eigenvalue weighted by Gasteiger charge is -2.31. The Bertz CT molecular complexity index is 887. The highest BCUT2D eigenvalue weighted by Gasteiger charge is 2.30. The molecule has 0 unspecified atom stereocenters. The number of aromatic nitrogens is 2. The molecule has 2 amide bonds. The largest absolute Gasteiger partial charge is 0.496 e. The van der Waals surface area contributed by atoms with Crippen LogP contribution in [0.25, 0.3) is 0 Å². The van der Waals surface area contributed by atoms with E-state index >= 15 is 0 Å². The highest BCUT2D eigenvalue weighted by molar-refractivity contribution is 7.19. The van der Waals surface area contributed by atoms with E-state index in [0.717, 1.165) is 42.3 Å². The highest BCUT2D eigenvalue weighted by Crippen LogP contribution is 2.32. The number of hydrogen-bond acceptors (Lipinski definition) is 7. The van der Waals surface area contributed by atoms with Crippen molar-refractivity contribution in [3.05, 3.63) is 29.8 Å². The monoisotopic (exact) mass is 415 g/mol. The summed E-state index contributed by atoms with van der Waals surface area (Å²) in [5, 5.41) is 13.0. The number of para-hydroxylation sites is 1. The molecule has 2 fully saturated rings. The van der Waals surface area contributed by atoms with Gasteiger partial charge >= 0.3 is 0 Å². The van der Waals surface area contributed by atoms with Crippen molar-refractivity contribution >= 4 is 33.4 Å². The van der Waals surface area contributed by atoms with Crippen LogP contribution in [0, 0.1) is 5.92 Å². The van der Waals surface area contributed by atoms with Crippen LogP contribution < -0.4 is 19.9 Å². The molecule has 29 heavy (non-hydrogen) atoms. The Kier molecular flexibility index (Phi) is 5.94. The third kappa shape index (κ3) is 4.34. The van der Waals surface area contributed by atoms with E-state index in [2.05, 4.69) is 20.4 Å². The van der Waals surface area contributed by atoms with E-state index in [0.29, 0.717) is 31.2 Å². The fourth-order valence-electron chi connectivity index (χ4n) is 3.84. The smallest absolute Gasteiger partial charge is 0.228 e. The summed E-state index contributed by atoms with van der Waals surface area (Å²) in [5.41, 5.74) is 0.958. The van der Waals surface area contributed by atoms with Crippen molar-refractivity contribution in [1.82, 2.24) is 15.5 Å². The maximum absolute atomic E-state index is 12.7. The third-order valence-electron chi connectivity index (χ3n) is 5.42. The van der Waals surface area contributed by atoms with Crippen molar-refractivity contribution in [3.8, 4) is 5.75 Å². The first-order valence-corrected chi connectivity index (χ1v) is 10.8. The van der Waals surface area contributed by atoms with E-state index in [-0.39, 0.29) is 17.7 Å². The normalized spacial score (nSPS) is 19.5. The number of piperidine rings is 1. The number of carbonyl (C=O) groups excluding carboxylic acids is 2. The second kappa shape index (κ2) is 8.77. The zero-order chi connectivity index (χ0) is 20.2. The Labute approximate surface area is 173 Å². The van der Waals surface area contributed by atoms with Gasteiger partial charge in [-0.15, -0.1) is 10.2 Å². The lowest BCUT2D eigenvalue weighted by Crippen LogP contribution is -2.43. The SMILES string of the molecule is COc1ccccc1CNC(=O)[C@@H]1CCCN(c2nnc(N3CCCC3=O)s2)C1. The molecule has 2 aromatic rings. The standard InChI is InChI=1S/C20H25N5O3S/c1-28-16-8-3-2-6-14(16)12-21-18(27)15-7-4-10-24(13-15)19-22-23-20(29-19)25-11-5-9-17(25)26/h2-3,6,8,15H,4-5,7,9-13H2,1H3,(H,21,27)/t15-/m1/s1. The number of carbonyl (C=O) groups is 2. The van der Waals surface area contributed by atoms with Crippen molar-refractivity contribution in [1.29, 1.82) is 0 Å². The molecule has 0 spiro atoms. The zero-order valence-electron chi connectivity index (χ0n) is 16.5. The molecule has 1 aromatic heterocycles. The lowest BCUT2D eigenvalue weighted by atomic mass is 9.97. The number of rotatable bonds is 6. The van der Waals surface area contributed by atoms with Crippen molar-refractivity contribution in [2.75, 3.05) is 36.5 Å². The van der Waals surface area contributed by atoms with E-state index in [4.69, 9.17) is 4.74 Å². The van der Waals surface area contributed by atoms with Crippen molar-refractivity contribution in [2.24, 2.45) is 5.92 Å². The van der Waals surface area contributed by atoms with Gasteiger partial charge in [0.25, 0.3) is 0 Å². The van der Waals surface area contributed by atoms with Gasteiger partial charge in [-0.2, -0.15) is 0 Å². The molecule has 1 N–H and O–H groups in total. The van der Waals surface area contributed by atoms with Crippen LogP contribution in [-0.2, 0) is 16.1 Å². The first-order valence-electron chi connectivity index (χ1n) is 9.94. The average molecular weight is 416 g/mol. The molecule has 9 heteroatoms. The topological polar surface area (TPSA) is 87.7 Å². The van der Waals surface area contributed by atoms with E-state index in [9.17, 15) is 9.59 Å². The molecule has 8 nitrogen and oxygen atoms in total. The maximum Gasteiger partial charge on any atom is 0.228 e. The molecular formula is C20H25N5O3S. The molecule has 154 valence electrons. The van der Waals surface area contributed by atoms with Gasteiger partial charge in [-0.05, 0) is 25.3 Å². The average Bonchev–Trinajstić information content (AvgIpc) is 3.41. The summed E-state index contributed by atoms with van der Waals surface area (Å²) in [7, 11) is 1.63. The molecule has 1 aromatic carbocycles. The summed E-state index contributed by atoms with van der Waals surface area (Å²) in [6.45, 7) is 2.61. The number of nitrogens with one attached hydrogen (secondary N) is 1. The van der Waals surface area contributed by atoms with Crippen LogP contribution in [-0.4, -0.2) is 48.8 Å². The van der Waals surface area contributed by atoms with Gasteiger partial charge in [0.15, 0.2) is 0 Å². The molecule has 2 aliphatic rings. The van der Waals surface area contributed by atoms with Crippen LogP contribution in [0.2, 0.25) is 0 Å². The number of amides is 2. The Balaban J connectivity index is 1.36. The molecular weight excluding hydrogens is 390 g/mol. The van der Waals surface area contributed by atoms with Gasteiger partial charge < -0.3 is 15.0 Å². The molecule has 0 saturated carbocycles. The van der Waals surface area contributed by atoms with Crippen LogP contribution in [0.5, 0.6) is 5.75 Å². The number of methoxy groups -OCH3 is 1. The molecule has 3 heterocycles. The highest BCUT2D eigenvalue weighted by atomic mass is 32.1. The van der Waals surface area contributed by atoms with Gasteiger partial charge in [0.05, 0.1) is 13.0 Å². The molecule has 0 aliphatic carbocycles. The minimum Gasteiger partial charge on any atom is -0.496 e. The van der Waals surface area contributed by atoms with E-state index in [1.54, 1.807) is 12.0 Å². The molecule has 2 aliphatic heterocycles. The number of benzene rings is 1. The Morgan fingerprint density at radius 3 is 2.86 bits per heavy atom. The Hall–Kier alpha value is -2.68. The van der Waals surface area contributed by atoms with E-state index in [1.807, 2.05) is 24.3 Å². The summed E-state index contributed by atoms with van der Waals surface area (Å²) < 4.78 is 5.35. The van der Waals surface area contributed by atoms with Gasteiger partial charge in [0, 0.05) is 38.2 Å². The number of hydrogen-bond donors (Lipinski definition) is 1. The van der Waals surface area contributed by atoms with Gasteiger partial charge in [-0.25, -0.2) is 0 Å². The maximum atomic E-state index is 12.7. The van der Waals surface area contributed by atoms with Crippen LogP contribution in [0.15, 0.2) is 24.3 Å². The lowest BCUT2D eigenvalue weighted by molar-refractivity contribution is -0.125. The van der Waals surface area contributed by atoms with E-state index in [1.165, 1.54) is 11.3 Å². The third-order valence-corrected chi connectivity index (χ3v) is 6.42. The molecule has 0 bridgehead atoms. The van der Waals surface area contributed by atoms with Crippen molar-refractivity contribution in [3.63, 3.8) is 0 Å². The molecule has 0 radical (unpaired) electrons. The van der Waals surface area contributed by atoms with Crippen LogP contribution in [0.4, 0.5) is 10.3 Å². The summed E-state index contributed by atoms with van der Waals surface area (Å²) in [5.74, 6) is 0.829. The minimum absolute atomic E-state index is 0.0417. The first-order chi connectivity index (χ1) is 14.2. The summed E-state index contributed by atoms with van der Waals surface area (Å²) in [4.78, 5) is 28.5. The fraction of sp³-hybridized carbons (Fsp3) is 0.500. The van der Waals surface area contributed by atoms with Gasteiger partial charge in [0.2, 0.25) is 22.1 Å². The Morgan fingerprint density at radius 2 is 2.07 bits per heavy atom. The number of nitrogens with zero attached hydrogens (tertiary/aromatic N) is 4. The van der Waals surface area contributed by atoms with Crippen molar-refractivity contribution < 1.29 is 14.3 Å². The second-order valence-corrected chi connectivity index (χ2v) is 8.27. The predicted molar refractivity (Wildman–Crippen MR) is 111 cm³/mol. The first kappa shape index (κ1) is 19.6. The van der Waals surface area contributed by atoms with Crippen LogP contribution in [0.3, 0.4) is 0 Å². The van der Waals surface area contributed by atoms with E-state index < -0.39 is 0 Å². The minimum atomic E-state index is -0.0979.